The zero-order valence-electron chi connectivity index (χ0n) is 11.0. The maximum atomic E-state index is 11.0. The summed E-state index contributed by atoms with van der Waals surface area (Å²) in [6, 6.07) is 9.00. The van der Waals surface area contributed by atoms with Crippen LogP contribution in [0, 0.1) is 17.0 Å². The van der Waals surface area contributed by atoms with Crippen molar-refractivity contribution in [3.05, 3.63) is 62.1 Å². The van der Waals surface area contributed by atoms with Crippen molar-refractivity contribution < 1.29 is 14.8 Å². The van der Waals surface area contributed by atoms with Crippen LogP contribution >= 0.6 is 15.9 Å². The minimum Gasteiger partial charge on any atom is -0.478 e. The van der Waals surface area contributed by atoms with Gasteiger partial charge in [0.05, 0.1) is 10.5 Å². The van der Waals surface area contributed by atoms with Gasteiger partial charge in [-0.2, -0.15) is 0 Å². The number of nitrogens with one attached hydrogen (secondary N) is 1. The molecule has 0 spiro atoms. The second-order valence-corrected chi connectivity index (χ2v) is 5.24. The number of hydrogen-bond donors (Lipinski definition) is 2. The van der Waals surface area contributed by atoms with E-state index in [1.165, 1.54) is 18.2 Å². The number of nitrogens with zero attached hydrogens (tertiary/aromatic N) is 1. The van der Waals surface area contributed by atoms with E-state index in [9.17, 15) is 14.9 Å². The normalized spacial score (nSPS) is 10.2. The molecule has 6 nitrogen and oxygen atoms in total. The number of aryl methyl sites for hydroxylation is 1. The summed E-state index contributed by atoms with van der Waals surface area (Å²) in [5.41, 5.74) is 1.58. The predicted molar refractivity (Wildman–Crippen MR) is 82.2 cm³/mol. The zero-order chi connectivity index (χ0) is 15.6. The standard InChI is InChI=1S/C14H11BrN2O4/c1-8-2-4-10(7-11(8)15)16-12-6-9(14(18)19)3-5-13(12)17(20)21/h2-7,16H,1H3,(H,18,19). The summed E-state index contributed by atoms with van der Waals surface area (Å²) in [5.74, 6) is -1.14. The lowest BCUT2D eigenvalue weighted by molar-refractivity contribution is -0.383. The fourth-order valence-electron chi connectivity index (χ4n) is 1.75. The maximum absolute atomic E-state index is 11.0. The Balaban J connectivity index is 2.45. The van der Waals surface area contributed by atoms with Gasteiger partial charge in [-0.25, -0.2) is 4.79 Å². The lowest BCUT2D eigenvalue weighted by Crippen LogP contribution is -2.02. The topological polar surface area (TPSA) is 92.5 Å². The SMILES string of the molecule is Cc1ccc(Nc2cc(C(=O)O)ccc2[N+](=O)[O-])cc1Br. The first-order valence-electron chi connectivity index (χ1n) is 5.93. The third-order valence-electron chi connectivity index (χ3n) is 2.89. The first kappa shape index (κ1) is 15.0. The van der Waals surface area contributed by atoms with Crippen LogP contribution in [0.15, 0.2) is 40.9 Å². The first-order valence-corrected chi connectivity index (χ1v) is 6.72. The Labute approximate surface area is 128 Å². The maximum Gasteiger partial charge on any atom is 0.335 e. The Morgan fingerprint density at radius 1 is 1.29 bits per heavy atom. The summed E-state index contributed by atoms with van der Waals surface area (Å²) in [5, 5.41) is 22.9. The Morgan fingerprint density at radius 2 is 2.00 bits per heavy atom. The highest BCUT2D eigenvalue weighted by molar-refractivity contribution is 9.10. The summed E-state index contributed by atoms with van der Waals surface area (Å²) in [6.45, 7) is 1.92. The van der Waals surface area contributed by atoms with E-state index in [4.69, 9.17) is 5.11 Å². The van der Waals surface area contributed by atoms with Gasteiger partial charge in [0.2, 0.25) is 0 Å². The molecule has 0 bridgehead atoms. The molecule has 0 aliphatic rings. The summed E-state index contributed by atoms with van der Waals surface area (Å²) in [6.07, 6.45) is 0. The van der Waals surface area contributed by atoms with Crippen LogP contribution in [0.3, 0.4) is 0 Å². The van der Waals surface area contributed by atoms with E-state index in [2.05, 4.69) is 21.2 Å². The summed E-state index contributed by atoms with van der Waals surface area (Å²) >= 11 is 3.38. The lowest BCUT2D eigenvalue weighted by Gasteiger charge is -2.09. The molecule has 7 heteroatoms. The molecular weight excluding hydrogens is 340 g/mol. The van der Waals surface area contributed by atoms with Crippen LogP contribution in [0.1, 0.15) is 15.9 Å². The van der Waals surface area contributed by atoms with E-state index >= 15 is 0 Å². The second-order valence-electron chi connectivity index (χ2n) is 4.38. The second kappa shape index (κ2) is 5.92. The molecule has 0 fully saturated rings. The first-order chi connectivity index (χ1) is 9.88. The fourth-order valence-corrected chi connectivity index (χ4v) is 2.13. The Hall–Kier alpha value is -2.41. The number of carboxylic acid groups (broad SMARTS) is 1. The van der Waals surface area contributed by atoms with Gasteiger partial charge < -0.3 is 10.4 Å². The largest absolute Gasteiger partial charge is 0.478 e. The van der Waals surface area contributed by atoms with Gasteiger partial charge in [0.25, 0.3) is 5.69 Å². The van der Waals surface area contributed by atoms with E-state index in [-0.39, 0.29) is 16.9 Å². The van der Waals surface area contributed by atoms with Gasteiger partial charge in [0.15, 0.2) is 0 Å². The average Bonchev–Trinajstić information content (AvgIpc) is 2.42. The number of nitro benzene ring substituents is 1. The van der Waals surface area contributed by atoms with Crippen molar-refractivity contribution in [3.8, 4) is 0 Å². The quantitative estimate of drug-likeness (QED) is 0.639. The molecule has 2 rings (SSSR count). The molecule has 21 heavy (non-hydrogen) atoms. The Kier molecular flexibility index (Phi) is 4.23. The van der Waals surface area contributed by atoms with Crippen LogP contribution in [0.25, 0.3) is 0 Å². The molecule has 2 aromatic rings. The molecule has 0 aliphatic heterocycles. The number of nitro groups is 1. The highest BCUT2D eigenvalue weighted by Gasteiger charge is 2.16. The number of rotatable bonds is 4. The summed E-state index contributed by atoms with van der Waals surface area (Å²) < 4.78 is 0.851. The van der Waals surface area contributed by atoms with E-state index in [1.54, 1.807) is 12.1 Å². The van der Waals surface area contributed by atoms with Gasteiger partial charge in [0.1, 0.15) is 5.69 Å². The van der Waals surface area contributed by atoms with E-state index in [1.807, 2.05) is 13.0 Å². The molecule has 0 saturated heterocycles. The number of hydrogen-bond acceptors (Lipinski definition) is 4. The van der Waals surface area contributed by atoms with E-state index < -0.39 is 10.9 Å². The highest BCUT2D eigenvalue weighted by Crippen LogP contribution is 2.30. The molecule has 0 aromatic heterocycles. The molecule has 2 N–H and O–H groups in total. The smallest absolute Gasteiger partial charge is 0.335 e. The molecule has 0 heterocycles. The number of anilines is 2. The Morgan fingerprint density at radius 3 is 2.57 bits per heavy atom. The summed E-state index contributed by atoms with van der Waals surface area (Å²) in [7, 11) is 0. The van der Waals surface area contributed by atoms with Crippen LogP contribution in [-0.2, 0) is 0 Å². The third kappa shape index (κ3) is 3.38. The number of halogens is 1. The van der Waals surface area contributed by atoms with Crippen LogP contribution in [0.2, 0.25) is 0 Å². The average molecular weight is 351 g/mol. The third-order valence-corrected chi connectivity index (χ3v) is 3.75. The van der Waals surface area contributed by atoms with Gasteiger partial charge in [-0.05, 0) is 36.8 Å². The molecule has 0 unspecified atom stereocenters. The van der Waals surface area contributed by atoms with Crippen LogP contribution < -0.4 is 5.32 Å². The highest BCUT2D eigenvalue weighted by atomic mass is 79.9. The van der Waals surface area contributed by atoms with Crippen molar-refractivity contribution in [2.45, 2.75) is 6.92 Å². The number of aromatic carboxylic acids is 1. The minimum atomic E-state index is -1.14. The number of carboxylic acids is 1. The van der Waals surface area contributed by atoms with Crippen molar-refractivity contribution in [3.63, 3.8) is 0 Å². The van der Waals surface area contributed by atoms with Gasteiger partial charge >= 0.3 is 5.97 Å². The van der Waals surface area contributed by atoms with Crippen molar-refractivity contribution in [2.24, 2.45) is 0 Å². The Bertz CT molecular complexity index is 731. The van der Waals surface area contributed by atoms with Gasteiger partial charge in [-0.1, -0.05) is 22.0 Å². The molecule has 0 saturated carbocycles. The van der Waals surface area contributed by atoms with Crippen molar-refractivity contribution in [2.75, 3.05) is 5.32 Å². The minimum absolute atomic E-state index is 0.0192. The molecule has 0 atom stereocenters. The lowest BCUT2D eigenvalue weighted by atomic mass is 10.1. The molecule has 0 radical (unpaired) electrons. The van der Waals surface area contributed by atoms with Crippen molar-refractivity contribution in [1.82, 2.24) is 0 Å². The van der Waals surface area contributed by atoms with Crippen molar-refractivity contribution >= 4 is 39.0 Å². The van der Waals surface area contributed by atoms with Gasteiger partial charge in [-0.3, -0.25) is 10.1 Å². The van der Waals surface area contributed by atoms with Crippen LogP contribution in [0.5, 0.6) is 0 Å². The molecule has 108 valence electrons. The van der Waals surface area contributed by atoms with E-state index in [0.717, 1.165) is 10.0 Å². The van der Waals surface area contributed by atoms with Gasteiger partial charge in [-0.15, -0.1) is 0 Å². The number of carbonyl (C=O) groups is 1. The molecule has 0 amide bonds. The molecular formula is C14H11BrN2O4. The molecule has 0 aliphatic carbocycles. The van der Waals surface area contributed by atoms with E-state index in [0.29, 0.717) is 5.69 Å². The van der Waals surface area contributed by atoms with Crippen LogP contribution in [0.4, 0.5) is 17.1 Å². The summed E-state index contributed by atoms with van der Waals surface area (Å²) in [4.78, 5) is 21.4. The predicted octanol–water partition coefficient (Wildman–Crippen LogP) is 4.11. The van der Waals surface area contributed by atoms with Gasteiger partial charge in [0, 0.05) is 16.2 Å². The molecule has 2 aromatic carbocycles. The number of benzene rings is 2. The zero-order valence-corrected chi connectivity index (χ0v) is 12.5. The fraction of sp³-hybridized carbons (Fsp3) is 0.0714. The van der Waals surface area contributed by atoms with Crippen molar-refractivity contribution in [1.29, 1.82) is 0 Å². The van der Waals surface area contributed by atoms with Crippen LogP contribution in [-0.4, -0.2) is 16.0 Å². The monoisotopic (exact) mass is 350 g/mol.